The predicted molar refractivity (Wildman–Crippen MR) is 87.8 cm³/mol. The first-order valence-electron chi connectivity index (χ1n) is 6.93. The van der Waals surface area contributed by atoms with Crippen molar-refractivity contribution in [2.45, 2.75) is 17.1 Å². The smallest absolute Gasteiger partial charge is 0.244 e. The van der Waals surface area contributed by atoms with Gasteiger partial charge in [0, 0.05) is 17.5 Å². The first kappa shape index (κ1) is 14.8. The van der Waals surface area contributed by atoms with Gasteiger partial charge in [0.2, 0.25) is 5.91 Å². The van der Waals surface area contributed by atoms with E-state index in [9.17, 15) is 9.90 Å². The third-order valence-corrected chi connectivity index (χ3v) is 5.07. The van der Waals surface area contributed by atoms with E-state index in [1.165, 1.54) is 11.8 Å². The van der Waals surface area contributed by atoms with Gasteiger partial charge in [-0.15, -0.1) is 11.8 Å². The first-order valence-corrected chi connectivity index (χ1v) is 7.81. The van der Waals surface area contributed by atoms with E-state index in [0.29, 0.717) is 11.3 Å². The van der Waals surface area contributed by atoms with E-state index >= 15 is 0 Å². The fourth-order valence-corrected chi connectivity index (χ4v) is 3.94. The number of benzene rings is 2. The van der Waals surface area contributed by atoms with Crippen LogP contribution in [0.4, 0.5) is 5.69 Å². The van der Waals surface area contributed by atoms with Crippen LogP contribution in [0.15, 0.2) is 41.3 Å². The van der Waals surface area contributed by atoms with Gasteiger partial charge in [0.15, 0.2) is 0 Å². The second-order valence-corrected chi connectivity index (χ2v) is 6.44. The number of ether oxygens (including phenoxy) is 1. The number of anilines is 1. The highest BCUT2D eigenvalue weighted by Crippen LogP contribution is 2.48. The van der Waals surface area contributed by atoms with Crippen molar-refractivity contribution < 1.29 is 14.6 Å². The van der Waals surface area contributed by atoms with E-state index in [0.717, 1.165) is 16.1 Å². The first-order chi connectivity index (χ1) is 10.5. The third-order valence-electron chi connectivity index (χ3n) is 3.79. The maximum absolute atomic E-state index is 12.7. The second kappa shape index (κ2) is 5.57. The quantitative estimate of drug-likeness (QED) is 0.921. The van der Waals surface area contributed by atoms with Gasteiger partial charge in [-0.3, -0.25) is 4.79 Å². The summed E-state index contributed by atoms with van der Waals surface area (Å²) in [6.07, 6.45) is 0. The zero-order valence-electron chi connectivity index (χ0n) is 12.7. The maximum Gasteiger partial charge on any atom is 0.244 e. The Morgan fingerprint density at radius 3 is 2.73 bits per heavy atom. The summed E-state index contributed by atoms with van der Waals surface area (Å²) in [5, 5.41) is 9.67. The molecule has 0 aromatic heterocycles. The maximum atomic E-state index is 12.7. The van der Waals surface area contributed by atoms with Gasteiger partial charge in [0.25, 0.3) is 0 Å². The van der Waals surface area contributed by atoms with Crippen LogP contribution >= 0.6 is 11.8 Å². The number of aromatic hydroxyl groups is 1. The molecule has 114 valence electrons. The Kier molecular flexibility index (Phi) is 3.74. The van der Waals surface area contributed by atoms with Crippen molar-refractivity contribution in [3.63, 3.8) is 0 Å². The van der Waals surface area contributed by atoms with Crippen LogP contribution in [0.2, 0.25) is 0 Å². The lowest BCUT2D eigenvalue weighted by Crippen LogP contribution is -2.33. The summed E-state index contributed by atoms with van der Waals surface area (Å²) in [6.45, 7) is 2.02. The average molecular weight is 315 g/mol. The summed E-state index contributed by atoms with van der Waals surface area (Å²) in [4.78, 5) is 15.4. The monoisotopic (exact) mass is 315 g/mol. The number of nitrogens with zero attached hydrogens (tertiary/aromatic N) is 1. The number of carbonyl (C=O) groups excluding carboxylic acids is 1. The molecule has 0 aliphatic carbocycles. The molecule has 3 rings (SSSR count). The molecule has 1 amide bonds. The van der Waals surface area contributed by atoms with Crippen LogP contribution in [0, 0.1) is 6.92 Å². The summed E-state index contributed by atoms with van der Waals surface area (Å²) < 4.78 is 5.21. The number of thioether (sulfide) groups is 1. The van der Waals surface area contributed by atoms with Gasteiger partial charge >= 0.3 is 0 Å². The number of methoxy groups -OCH3 is 1. The second-order valence-electron chi connectivity index (χ2n) is 5.29. The van der Waals surface area contributed by atoms with E-state index in [2.05, 4.69) is 6.07 Å². The van der Waals surface area contributed by atoms with Crippen LogP contribution in [0.5, 0.6) is 11.5 Å². The summed E-state index contributed by atoms with van der Waals surface area (Å²) >= 11 is 1.46. The zero-order valence-corrected chi connectivity index (χ0v) is 13.5. The largest absolute Gasteiger partial charge is 0.508 e. The molecule has 0 radical (unpaired) electrons. The molecule has 4 nitrogen and oxygen atoms in total. The minimum Gasteiger partial charge on any atom is -0.508 e. The molecule has 2 aromatic rings. The Morgan fingerprint density at radius 1 is 1.23 bits per heavy atom. The van der Waals surface area contributed by atoms with E-state index in [1.54, 1.807) is 37.3 Å². The van der Waals surface area contributed by atoms with E-state index < -0.39 is 5.25 Å². The molecule has 1 heterocycles. The normalized spacial score (nSPS) is 17.3. The molecule has 0 saturated carbocycles. The summed E-state index contributed by atoms with van der Waals surface area (Å²) in [7, 11) is 3.33. The van der Waals surface area contributed by atoms with Crippen molar-refractivity contribution in [1.29, 1.82) is 0 Å². The Morgan fingerprint density at radius 2 is 2.00 bits per heavy atom. The summed E-state index contributed by atoms with van der Waals surface area (Å²) in [5.74, 6) is 0.681. The molecule has 5 heteroatoms. The average Bonchev–Trinajstić information content (AvgIpc) is 2.51. The van der Waals surface area contributed by atoms with Crippen LogP contribution in [0.1, 0.15) is 16.4 Å². The summed E-state index contributed by atoms with van der Waals surface area (Å²) in [6, 6.07) is 11.0. The number of phenolic OH excluding ortho intramolecular Hbond substituents is 1. The van der Waals surface area contributed by atoms with Crippen molar-refractivity contribution in [1.82, 2.24) is 0 Å². The lowest BCUT2D eigenvalue weighted by atomic mass is 10.1. The number of phenols is 1. The predicted octanol–water partition coefficient (Wildman–Crippen LogP) is 3.52. The van der Waals surface area contributed by atoms with Gasteiger partial charge in [-0.2, -0.15) is 0 Å². The molecule has 0 bridgehead atoms. The van der Waals surface area contributed by atoms with Gasteiger partial charge in [0.05, 0.1) is 12.8 Å². The van der Waals surface area contributed by atoms with Crippen molar-refractivity contribution in [3.8, 4) is 11.5 Å². The van der Waals surface area contributed by atoms with Crippen LogP contribution in [0.25, 0.3) is 0 Å². The Labute approximate surface area is 133 Å². The number of hydrogen-bond acceptors (Lipinski definition) is 4. The zero-order chi connectivity index (χ0) is 15.9. The third kappa shape index (κ3) is 2.41. The number of hydrogen-bond donors (Lipinski definition) is 1. The fraction of sp³-hybridized carbons (Fsp3) is 0.235. The van der Waals surface area contributed by atoms with Gasteiger partial charge < -0.3 is 14.7 Å². The lowest BCUT2D eigenvalue weighted by molar-refractivity contribution is -0.118. The summed E-state index contributed by atoms with van der Waals surface area (Å²) in [5.41, 5.74) is 2.62. The van der Waals surface area contributed by atoms with Gasteiger partial charge in [0.1, 0.15) is 16.7 Å². The van der Waals surface area contributed by atoms with Crippen LogP contribution < -0.4 is 9.64 Å². The molecule has 1 aliphatic heterocycles. The standard InChI is InChI=1S/C17H17NO3S/c1-10-4-6-13-15(8-10)22-16(17(20)18(13)2)12-9-11(21-3)5-7-14(12)19/h4-9,16,19H,1-3H3. The highest BCUT2D eigenvalue weighted by molar-refractivity contribution is 8.00. The number of rotatable bonds is 2. The molecule has 0 saturated heterocycles. The number of aryl methyl sites for hydroxylation is 1. The molecule has 1 aliphatic rings. The van der Waals surface area contributed by atoms with Crippen LogP contribution in [-0.2, 0) is 4.79 Å². The minimum absolute atomic E-state index is 0.0510. The molecule has 0 fully saturated rings. The van der Waals surface area contributed by atoms with Gasteiger partial charge in [-0.25, -0.2) is 0 Å². The molecule has 0 spiro atoms. The van der Waals surface area contributed by atoms with Crippen molar-refractivity contribution >= 4 is 23.4 Å². The highest BCUT2D eigenvalue weighted by atomic mass is 32.2. The van der Waals surface area contributed by atoms with Gasteiger partial charge in [-0.1, -0.05) is 6.07 Å². The van der Waals surface area contributed by atoms with E-state index in [-0.39, 0.29) is 11.7 Å². The molecule has 22 heavy (non-hydrogen) atoms. The van der Waals surface area contributed by atoms with Gasteiger partial charge in [-0.05, 0) is 42.8 Å². The lowest BCUT2D eigenvalue weighted by Gasteiger charge is -2.31. The SMILES string of the molecule is COc1ccc(O)c(C2Sc3cc(C)ccc3N(C)C2=O)c1. The van der Waals surface area contributed by atoms with Crippen LogP contribution in [0.3, 0.4) is 0 Å². The molecule has 1 atom stereocenters. The molecule has 2 aromatic carbocycles. The van der Waals surface area contributed by atoms with E-state index in [1.807, 2.05) is 19.1 Å². The number of likely N-dealkylation sites (N-methyl/N-ethyl adjacent to an activating group) is 1. The number of fused-ring (bicyclic) bond motifs is 1. The molecular weight excluding hydrogens is 298 g/mol. The molecular formula is C17H17NO3S. The topological polar surface area (TPSA) is 49.8 Å². The highest BCUT2D eigenvalue weighted by Gasteiger charge is 2.34. The fourth-order valence-electron chi connectivity index (χ4n) is 2.53. The number of amides is 1. The molecule has 1 N–H and O–H groups in total. The Bertz CT molecular complexity index is 745. The Hall–Kier alpha value is -2.14. The van der Waals surface area contributed by atoms with E-state index in [4.69, 9.17) is 4.74 Å². The minimum atomic E-state index is -0.477. The van der Waals surface area contributed by atoms with Crippen molar-refractivity contribution in [3.05, 3.63) is 47.5 Å². The molecule has 1 unspecified atom stereocenters. The number of carbonyl (C=O) groups is 1. The van der Waals surface area contributed by atoms with Crippen LogP contribution in [-0.4, -0.2) is 25.2 Å². The van der Waals surface area contributed by atoms with Crippen molar-refractivity contribution in [2.24, 2.45) is 0 Å². The Balaban J connectivity index is 2.07. The van der Waals surface area contributed by atoms with Crippen molar-refractivity contribution in [2.75, 3.05) is 19.1 Å².